The lowest BCUT2D eigenvalue weighted by atomic mass is 9.75. The highest BCUT2D eigenvalue weighted by atomic mass is 16.5. The van der Waals surface area contributed by atoms with Crippen LogP contribution in [0.25, 0.3) is 0 Å². The molecule has 0 bridgehead atoms. The Morgan fingerprint density at radius 1 is 1.19 bits per heavy atom. The van der Waals surface area contributed by atoms with Crippen molar-refractivity contribution in [1.29, 1.82) is 0 Å². The fourth-order valence-corrected chi connectivity index (χ4v) is 3.45. The molecule has 1 saturated heterocycles. The van der Waals surface area contributed by atoms with Gasteiger partial charge in [-0.25, -0.2) is 0 Å². The van der Waals surface area contributed by atoms with Crippen LogP contribution in [0.1, 0.15) is 52.4 Å². The lowest BCUT2D eigenvalue weighted by Gasteiger charge is -2.39. The van der Waals surface area contributed by atoms with Crippen molar-refractivity contribution in [2.24, 2.45) is 5.41 Å². The lowest BCUT2D eigenvalue weighted by molar-refractivity contribution is -0.0657. The van der Waals surface area contributed by atoms with E-state index in [-0.39, 0.29) is 12.2 Å². The summed E-state index contributed by atoms with van der Waals surface area (Å²) in [4.78, 5) is 2.33. The van der Waals surface area contributed by atoms with Gasteiger partial charge in [0.15, 0.2) is 0 Å². The quantitative estimate of drug-likeness (QED) is 0.818. The van der Waals surface area contributed by atoms with Crippen LogP contribution in [0.2, 0.25) is 0 Å². The topological polar surface area (TPSA) is 41.9 Å². The second-order valence-corrected chi connectivity index (χ2v) is 7.63. The highest BCUT2D eigenvalue weighted by molar-refractivity contribution is 4.83. The third-order valence-electron chi connectivity index (χ3n) is 5.12. The molecule has 124 valence electrons. The fourth-order valence-electron chi connectivity index (χ4n) is 3.45. The predicted octanol–water partition coefficient (Wildman–Crippen LogP) is 2.44. The minimum atomic E-state index is -0.382. The van der Waals surface area contributed by atoms with Crippen molar-refractivity contribution in [2.75, 3.05) is 33.4 Å². The number of aliphatic hydroxyl groups excluding tert-OH is 1. The molecule has 0 amide bonds. The molecular formula is C17H33NO3. The van der Waals surface area contributed by atoms with Gasteiger partial charge in [-0.3, -0.25) is 0 Å². The number of ether oxygens (including phenoxy) is 2. The molecule has 2 rings (SSSR count). The molecule has 4 heteroatoms. The summed E-state index contributed by atoms with van der Waals surface area (Å²) in [7, 11) is 2.14. The molecule has 4 nitrogen and oxygen atoms in total. The first-order valence-corrected chi connectivity index (χ1v) is 8.54. The average molecular weight is 299 g/mol. The Kier molecular flexibility index (Phi) is 6.48. The second kappa shape index (κ2) is 7.91. The summed E-state index contributed by atoms with van der Waals surface area (Å²) < 4.78 is 11.1. The molecule has 0 spiro atoms. The number of likely N-dealkylation sites (N-methyl/N-ethyl adjacent to an activating group) is 1. The summed E-state index contributed by atoms with van der Waals surface area (Å²) in [5.41, 5.74) is 0.502. The molecule has 1 aliphatic carbocycles. The van der Waals surface area contributed by atoms with Gasteiger partial charge in [0.1, 0.15) is 0 Å². The fraction of sp³-hybridized carbons (Fsp3) is 1.00. The second-order valence-electron chi connectivity index (χ2n) is 7.63. The van der Waals surface area contributed by atoms with Gasteiger partial charge in [-0.2, -0.15) is 0 Å². The largest absolute Gasteiger partial charge is 0.389 e. The molecule has 2 fully saturated rings. The van der Waals surface area contributed by atoms with E-state index >= 15 is 0 Å². The Hall–Kier alpha value is -0.160. The van der Waals surface area contributed by atoms with Crippen LogP contribution in [-0.4, -0.2) is 61.7 Å². The van der Waals surface area contributed by atoms with E-state index < -0.39 is 0 Å². The van der Waals surface area contributed by atoms with E-state index in [4.69, 9.17) is 9.47 Å². The first-order valence-electron chi connectivity index (χ1n) is 8.54. The Morgan fingerprint density at radius 2 is 1.81 bits per heavy atom. The molecule has 0 aromatic carbocycles. The molecule has 1 unspecified atom stereocenters. The van der Waals surface area contributed by atoms with Crippen molar-refractivity contribution in [3.05, 3.63) is 0 Å². The van der Waals surface area contributed by atoms with Crippen LogP contribution >= 0.6 is 0 Å². The van der Waals surface area contributed by atoms with Gasteiger partial charge in [-0.1, -0.05) is 13.8 Å². The summed E-state index contributed by atoms with van der Waals surface area (Å²) in [6, 6.07) is 0.621. The zero-order valence-corrected chi connectivity index (χ0v) is 14.0. The van der Waals surface area contributed by atoms with Crippen LogP contribution in [0.3, 0.4) is 0 Å². The van der Waals surface area contributed by atoms with E-state index in [9.17, 15) is 5.11 Å². The Labute approximate surface area is 129 Å². The van der Waals surface area contributed by atoms with Gasteiger partial charge in [-0.05, 0) is 51.0 Å². The van der Waals surface area contributed by atoms with E-state index in [1.54, 1.807) is 0 Å². The average Bonchev–Trinajstić information content (AvgIpc) is 2.46. The molecule has 1 saturated carbocycles. The van der Waals surface area contributed by atoms with Gasteiger partial charge in [0.25, 0.3) is 0 Å². The van der Waals surface area contributed by atoms with E-state index in [1.165, 1.54) is 25.7 Å². The van der Waals surface area contributed by atoms with Crippen molar-refractivity contribution in [1.82, 2.24) is 4.90 Å². The van der Waals surface area contributed by atoms with Crippen molar-refractivity contribution in [3.63, 3.8) is 0 Å². The molecule has 0 aromatic heterocycles. The van der Waals surface area contributed by atoms with Crippen LogP contribution in [-0.2, 0) is 9.47 Å². The minimum Gasteiger partial charge on any atom is -0.389 e. The third-order valence-corrected chi connectivity index (χ3v) is 5.12. The summed E-state index contributed by atoms with van der Waals surface area (Å²) >= 11 is 0. The van der Waals surface area contributed by atoms with Gasteiger partial charge in [0, 0.05) is 25.8 Å². The van der Waals surface area contributed by atoms with Gasteiger partial charge in [-0.15, -0.1) is 0 Å². The SMILES string of the molecule is CN(CC(O)COC1CCOCC1)C1CCC(C)(C)CC1. The first kappa shape index (κ1) is 17.2. The maximum atomic E-state index is 10.2. The molecule has 0 aromatic rings. The van der Waals surface area contributed by atoms with E-state index in [0.29, 0.717) is 24.6 Å². The summed E-state index contributed by atoms with van der Waals surface area (Å²) in [6.45, 7) is 7.47. The van der Waals surface area contributed by atoms with E-state index in [1.807, 2.05) is 0 Å². The zero-order chi connectivity index (χ0) is 15.3. The standard InChI is InChI=1S/C17H33NO3/c1-17(2)8-4-14(5-9-17)18(3)12-15(19)13-21-16-6-10-20-11-7-16/h14-16,19H,4-13H2,1-3H3. The van der Waals surface area contributed by atoms with Crippen molar-refractivity contribution < 1.29 is 14.6 Å². The molecule has 0 radical (unpaired) electrons. The molecule has 21 heavy (non-hydrogen) atoms. The molecule has 1 N–H and O–H groups in total. The highest BCUT2D eigenvalue weighted by Gasteiger charge is 2.29. The van der Waals surface area contributed by atoms with Crippen LogP contribution in [0.5, 0.6) is 0 Å². The molecule has 1 aliphatic heterocycles. The normalized spacial score (nSPS) is 26.1. The van der Waals surface area contributed by atoms with E-state index in [2.05, 4.69) is 25.8 Å². The van der Waals surface area contributed by atoms with E-state index in [0.717, 1.165) is 26.1 Å². The number of hydrogen-bond donors (Lipinski definition) is 1. The predicted molar refractivity (Wildman–Crippen MR) is 84.5 cm³/mol. The van der Waals surface area contributed by atoms with Crippen LogP contribution in [0.15, 0.2) is 0 Å². The van der Waals surface area contributed by atoms with Crippen LogP contribution < -0.4 is 0 Å². The summed E-state index contributed by atoms with van der Waals surface area (Å²) in [5, 5.41) is 10.2. The number of aliphatic hydroxyl groups is 1. The summed E-state index contributed by atoms with van der Waals surface area (Å²) in [6.07, 6.45) is 6.88. The van der Waals surface area contributed by atoms with Crippen LogP contribution in [0.4, 0.5) is 0 Å². The van der Waals surface area contributed by atoms with Crippen molar-refractivity contribution in [2.45, 2.75) is 70.6 Å². The lowest BCUT2D eigenvalue weighted by Crippen LogP contribution is -2.42. The van der Waals surface area contributed by atoms with Crippen molar-refractivity contribution >= 4 is 0 Å². The maximum Gasteiger partial charge on any atom is 0.0900 e. The van der Waals surface area contributed by atoms with Gasteiger partial charge in [0.2, 0.25) is 0 Å². The van der Waals surface area contributed by atoms with Gasteiger partial charge >= 0.3 is 0 Å². The molecule has 1 heterocycles. The highest BCUT2D eigenvalue weighted by Crippen LogP contribution is 2.36. The Morgan fingerprint density at radius 3 is 2.43 bits per heavy atom. The smallest absolute Gasteiger partial charge is 0.0900 e. The third kappa shape index (κ3) is 5.85. The monoisotopic (exact) mass is 299 g/mol. The summed E-state index contributed by atoms with van der Waals surface area (Å²) in [5.74, 6) is 0. The molecule has 2 aliphatic rings. The first-order chi connectivity index (χ1) is 9.96. The maximum absolute atomic E-state index is 10.2. The van der Waals surface area contributed by atoms with Crippen LogP contribution in [0, 0.1) is 5.41 Å². The Balaban J connectivity index is 1.63. The number of hydrogen-bond acceptors (Lipinski definition) is 4. The number of rotatable bonds is 6. The Bertz CT molecular complexity index is 292. The zero-order valence-electron chi connectivity index (χ0n) is 14.0. The van der Waals surface area contributed by atoms with Gasteiger partial charge in [0.05, 0.1) is 18.8 Å². The van der Waals surface area contributed by atoms with Gasteiger partial charge < -0.3 is 19.5 Å². The molecule has 1 atom stereocenters. The number of nitrogens with zero attached hydrogens (tertiary/aromatic N) is 1. The van der Waals surface area contributed by atoms with Crippen molar-refractivity contribution in [3.8, 4) is 0 Å². The molecular weight excluding hydrogens is 266 g/mol. The minimum absolute atomic E-state index is 0.272.